The van der Waals surface area contributed by atoms with Gasteiger partial charge in [-0.3, -0.25) is 9.79 Å². The summed E-state index contributed by atoms with van der Waals surface area (Å²) in [5.41, 5.74) is -0.158. The summed E-state index contributed by atoms with van der Waals surface area (Å²) in [6.45, 7) is 0.818. The van der Waals surface area contributed by atoms with Crippen molar-refractivity contribution < 1.29 is 31.5 Å². The number of carbonyl (C=O) groups is 1. The molecule has 4 atom stereocenters. The number of nitrogens with zero attached hydrogens (tertiary/aromatic N) is 1. The second-order valence-corrected chi connectivity index (χ2v) is 9.13. The molecule has 1 amide bonds. The number of alkyl halides is 5. The number of amides is 1. The molecule has 3 saturated carbocycles. The van der Waals surface area contributed by atoms with Crippen LogP contribution in [0.5, 0.6) is 0 Å². The fourth-order valence-electron chi connectivity index (χ4n) is 5.01. The standard InChI is InChI=1S/C20H28F5N5O2/c21-18(22)15-9-26-12(6-27-15)7-29-19-3-11(4-19)14(5-19)30-17(31)10-32-13-1-2-16(28-8-13)20(23,24)25/h8-9,11-14,16,18,26-27,29H,1-7,10H2,(H,30,31). The van der Waals surface area contributed by atoms with E-state index in [4.69, 9.17) is 4.74 Å². The Kier molecular flexibility index (Phi) is 6.62. The Morgan fingerprint density at radius 1 is 1.28 bits per heavy atom. The third-order valence-corrected chi connectivity index (χ3v) is 6.78. The highest BCUT2D eigenvalue weighted by atomic mass is 19.4. The van der Waals surface area contributed by atoms with Gasteiger partial charge in [0, 0.05) is 37.1 Å². The van der Waals surface area contributed by atoms with Crippen molar-refractivity contribution in [2.75, 3.05) is 19.7 Å². The zero-order chi connectivity index (χ0) is 22.9. The molecule has 0 spiro atoms. The molecule has 5 aliphatic rings. The molecule has 2 bridgehead atoms. The number of hydrogen-bond acceptors (Lipinski definition) is 6. The summed E-state index contributed by atoms with van der Waals surface area (Å²) < 4.78 is 68.6. The summed E-state index contributed by atoms with van der Waals surface area (Å²) in [5, 5.41) is 12.2. The van der Waals surface area contributed by atoms with E-state index in [1.165, 1.54) is 6.20 Å². The quantitative estimate of drug-likeness (QED) is 0.408. The molecule has 4 N–H and O–H groups in total. The van der Waals surface area contributed by atoms with E-state index in [1.807, 2.05) is 0 Å². The van der Waals surface area contributed by atoms with Crippen molar-refractivity contribution in [2.24, 2.45) is 10.9 Å². The van der Waals surface area contributed by atoms with Crippen molar-refractivity contribution in [2.45, 2.75) is 74.5 Å². The zero-order valence-electron chi connectivity index (χ0n) is 17.4. The SMILES string of the molecule is O=C(COC1C=NC(C(F)(F)F)CC1)NC1CC2(NCC3CNC(C(F)F)=CN3)CC1C2. The first-order valence-corrected chi connectivity index (χ1v) is 10.9. The molecule has 2 aliphatic heterocycles. The summed E-state index contributed by atoms with van der Waals surface area (Å²) in [6, 6.07) is -1.66. The summed E-state index contributed by atoms with van der Waals surface area (Å²) >= 11 is 0. The minimum Gasteiger partial charge on any atom is -0.384 e. The van der Waals surface area contributed by atoms with Gasteiger partial charge in [0.05, 0.1) is 17.8 Å². The molecule has 2 heterocycles. The molecular formula is C20H28F5N5O2. The largest absolute Gasteiger partial charge is 0.410 e. The van der Waals surface area contributed by atoms with Crippen LogP contribution in [0.2, 0.25) is 0 Å². The average Bonchev–Trinajstić information content (AvgIpc) is 3.25. The van der Waals surface area contributed by atoms with Crippen LogP contribution in [-0.2, 0) is 9.53 Å². The number of nitrogens with one attached hydrogen (secondary N) is 4. The van der Waals surface area contributed by atoms with Crippen LogP contribution in [0.15, 0.2) is 16.9 Å². The highest BCUT2D eigenvalue weighted by Gasteiger charge is 2.56. The monoisotopic (exact) mass is 465 g/mol. The van der Waals surface area contributed by atoms with Gasteiger partial charge >= 0.3 is 6.18 Å². The minimum absolute atomic E-state index is 0.00191. The van der Waals surface area contributed by atoms with Gasteiger partial charge in [0.25, 0.3) is 6.43 Å². The Morgan fingerprint density at radius 2 is 2.06 bits per heavy atom. The van der Waals surface area contributed by atoms with E-state index in [-0.39, 0.29) is 48.7 Å². The molecule has 7 nitrogen and oxygen atoms in total. The Hall–Kier alpha value is -1.95. The molecule has 0 aromatic rings. The predicted molar refractivity (Wildman–Crippen MR) is 106 cm³/mol. The molecule has 0 saturated heterocycles. The molecule has 0 aromatic carbocycles. The van der Waals surface area contributed by atoms with E-state index in [0.717, 1.165) is 25.5 Å². The summed E-state index contributed by atoms with van der Waals surface area (Å²) in [4.78, 5) is 15.8. The molecule has 32 heavy (non-hydrogen) atoms. The maximum atomic E-state index is 12.6. The molecule has 0 radical (unpaired) electrons. The molecule has 4 unspecified atom stereocenters. The van der Waals surface area contributed by atoms with Gasteiger partial charge < -0.3 is 26.0 Å². The summed E-state index contributed by atoms with van der Waals surface area (Å²) in [7, 11) is 0. The van der Waals surface area contributed by atoms with E-state index in [2.05, 4.69) is 26.3 Å². The average molecular weight is 465 g/mol. The fraction of sp³-hybridized carbons (Fsp3) is 0.800. The first kappa shape index (κ1) is 23.2. The van der Waals surface area contributed by atoms with E-state index in [9.17, 15) is 26.7 Å². The number of ether oxygens (including phenoxy) is 1. The number of aliphatic imine (C=N–C) groups is 1. The number of carbonyl (C=O) groups excluding carboxylic acids is 1. The van der Waals surface area contributed by atoms with Gasteiger partial charge in [-0.1, -0.05) is 0 Å². The van der Waals surface area contributed by atoms with Crippen molar-refractivity contribution in [3.05, 3.63) is 11.9 Å². The fourth-order valence-corrected chi connectivity index (χ4v) is 5.01. The van der Waals surface area contributed by atoms with Crippen LogP contribution in [0.25, 0.3) is 0 Å². The lowest BCUT2D eigenvalue weighted by Gasteiger charge is -2.40. The number of halogens is 5. The third-order valence-electron chi connectivity index (χ3n) is 6.78. The molecule has 3 aliphatic carbocycles. The number of rotatable bonds is 8. The van der Waals surface area contributed by atoms with Gasteiger partial charge in [-0.25, -0.2) is 8.78 Å². The molecule has 5 rings (SSSR count). The van der Waals surface area contributed by atoms with Crippen LogP contribution < -0.4 is 21.3 Å². The number of allylic oxidation sites excluding steroid dienone is 1. The zero-order valence-corrected chi connectivity index (χ0v) is 17.4. The third kappa shape index (κ3) is 5.33. The predicted octanol–water partition coefficient (Wildman–Crippen LogP) is 1.46. The Bertz CT molecular complexity index is 753. The molecular weight excluding hydrogens is 437 g/mol. The number of fused-ring (bicyclic) bond motifs is 1. The highest BCUT2D eigenvalue weighted by Crippen LogP contribution is 2.51. The maximum absolute atomic E-state index is 12.6. The maximum Gasteiger partial charge on any atom is 0.410 e. The van der Waals surface area contributed by atoms with Crippen LogP contribution in [0.1, 0.15) is 32.1 Å². The van der Waals surface area contributed by atoms with Gasteiger partial charge in [-0.05, 0) is 38.0 Å². The highest BCUT2D eigenvalue weighted by molar-refractivity contribution is 5.78. The summed E-state index contributed by atoms with van der Waals surface area (Å²) in [6.07, 6.45) is -2.30. The topological polar surface area (TPSA) is 86.8 Å². The smallest absolute Gasteiger partial charge is 0.384 e. The molecule has 12 heteroatoms. The van der Waals surface area contributed by atoms with Crippen LogP contribution in [0, 0.1) is 5.92 Å². The minimum atomic E-state index is -4.35. The lowest BCUT2D eigenvalue weighted by Crippen LogP contribution is -2.56. The van der Waals surface area contributed by atoms with Crippen molar-refractivity contribution in [3.8, 4) is 0 Å². The van der Waals surface area contributed by atoms with Gasteiger partial charge in [0.1, 0.15) is 12.6 Å². The van der Waals surface area contributed by atoms with Gasteiger partial charge in [0.2, 0.25) is 5.91 Å². The summed E-state index contributed by atoms with van der Waals surface area (Å²) in [5.74, 6) is 0.0878. The van der Waals surface area contributed by atoms with Gasteiger partial charge in [-0.15, -0.1) is 0 Å². The first-order valence-electron chi connectivity index (χ1n) is 10.9. The van der Waals surface area contributed by atoms with Crippen molar-refractivity contribution in [3.63, 3.8) is 0 Å². The van der Waals surface area contributed by atoms with E-state index >= 15 is 0 Å². The first-order chi connectivity index (χ1) is 15.1. The van der Waals surface area contributed by atoms with Crippen LogP contribution in [0.3, 0.4) is 0 Å². The van der Waals surface area contributed by atoms with Crippen molar-refractivity contribution in [1.82, 2.24) is 21.3 Å². The van der Waals surface area contributed by atoms with Gasteiger partial charge in [-0.2, -0.15) is 13.2 Å². The molecule has 0 aromatic heterocycles. The Labute approximate surface area is 182 Å². The van der Waals surface area contributed by atoms with Crippen LogP contribution in [0.4, 0.5) is 22.0 Å². The normalized spacial score (nSPS) is 36.2. The van der Waals surface area contributed by atoms with Gasteiger partial charge in [0.15, 0.2) is 0 Å². The molecule has 3 fully saturated rings. The van der Waals surface area contributed by atoms with Crippen LogP contribution >= 0.6 is 0 Å². The lowest BCUT2D eigenvalue weighted by molar-refractivity contribution is -0.151. The Balaban J connectivity index is 1.15. The van der Waals surface area contributed by atoms with E-state index < -0.39 is 24.7 Å². The number of hydrogen-bond donors (Lipinski definition) is 4. The van der Waals surface area contributed by atoms with Crippen LogP contribution in [-0.4, -0.2) is 74.2 Å². The van der Waals surface area contributed by atoms with E-state index in [1.54, 1.807) is 0 Å². The lowest BCUT2D eigenvalue weighted by atomic mass is 9.76. The van der Waals surface area contributed by atoms with Crippen molar-refractivity contribution >= 4 is 12.1 Å². The van der Waals surface area contributed by atoms with Crippen molar-refractivity contribution in [1.29, 1.82) is 0 Å². The second-order valence-electron chi connectivity index (χ2n) is 9.13. The van der Waals surface area contributed by atoms with E-state index in [0.29, 0.717) is 19.0 Å². The Morgan fingerprint density at radius 3 is 2.66 bits per heavy atom. The second kappa shape index (κ2) is 9.12. The molecule has 180 valence electrons.